The first kappa shape index (κ1) is 13.0. The topological polar surface area (TPSA) is 87.6 Å². The van der Waals surface area contributed by atoms with Crippen LogP contribution in [0.4, 0.5) is 5.69 Å². The van der Waals surface area contributed by atoms with Crippen LogP contribution in [0.5, 0.6) is 11.5 Å². The number of ether oxygens (including phenoxy) is 2. The van der Waals surface area contributed by atoms with Crippen molar-refractivity contribution in [1.29, 1.82) is 0 Å². The molecule has 0 aliphatic rings. The SMILES string of the molecule is COc1ccc([N+](=O)[O-])c(OC/C=C/CN)c1. The second-order valence-electron chi connectivity index (χ2n) is 3.11. The van der Waals surface area contributed by atoms with Crippen LogP contribution in [0.15, 0.2) is 30.4 Å². The molecule has 0 unspecified atom stereocenters. The van der Waals surface area contributed by atoms with Crippen molar-refractivity contribution in [2.45, 2.75) is 0 Å². The zero-order valence-electron chi connectivity index (χ0n) is 9.46. The molecule has 0 aromatic heterocycles. The molecule has 0 bridgehead atoms. The molecule has 1 aromatic carbocycles. The molecule has 0 aliphatic carbocycles. The molecule has 1 aromatic rings. The van der Waals surface area contributed by atoms with E-state index in [1.165, 1.54) is 25.3 Å². The number of rotatable bonds is 6. The zero-order valence-corrected chi connectivity index (χ0v) is 9.46. The van der Waals surface area contributed by atoms with Gasteiger partial charge in [-0.3, -0.25) is 10.1 Å². The van der Waals surface area contributed by atoms with E-state index in [1.807, 2.05) is 0 Å². The Morgan fingerprint density at radius 2 is 2.24 bits per heavy atom. The maximum atomic E-state index is 10.8. The molecule has 0 amide bonds. The number of methoxy groups -OCH3 is 1. The van der Waals surface area contributed by atoms with Crippen molar-refractivity contribution < 1.29 is 14.4 Å². The summed E-state index contributed by atoms with van der Waals surface area (Å²) in [5.41, 5.74) is 5.17. The summed E-state index contributed by atoms with van der Waals surface area (Å²) in [4.78, 5) is 10.3. The fraction of sp³-hybridized carbons (Fsp3) is 0.273. The van der Waals surface area contributed by atoms with Gasteiger partial charge in [0.05, 0.1) is 12.0 Å². The van der Waals surface area contributed by atoms with Crippen molar-refractivity contribution in [1.82, 2.24) is 0 Å². The minimum absolute atomic E-state index is 0.0908. The summed E-state index contributed by atoms with van der Waals surface area (Å²) in [7, 11) is 1.49. The van der Waals surface area contributed by atoms with Crippen molar-refractivity contribution in [3.05, 3.63) is 40.5 Å². The van der Waals surface area contributed by atoms with Crippen LogP contribution in [-0.4, -0.2) is 25.2 Å². The lowest BCUT2D eigenvalue weighted by molar-refractivity contribution is -0.385. The van der Waals surface area contributed by atoms with E-state index in [1.54, 1.807) is 12.2 Å². The lowest BCUT2D eigenvalue weighted by Crippen LogP contribution is -2.00. The molecule has 0 aliphatic heterocycles. The number of nitro benzene ring substituents is 1. The van der Waals surface area contributed by atoms with Crippen LogP contribution < -0.4 is 15.2 Å². The van der Waals surface area contributed by atoms with E-state index >= 15 is 0 Å². The van der Waals surface area contributed by atoms with Gasteiger partial charge in [-0.1, -0.05) is 12.2 Å². The molecule has 17 heavy (non-hydrogen) atoms. The molecule has 0 atom stereocenters. The summed E-state index contributed by atoms with van der Waals surface area (Å²) in [5.74, 6) is 0.685. The largest absolute Gasteiger partial charge is 0.497 e. The van der Waals surface area contributed by atoms with E-state index < -0.39 is 4.92 Å². The monoisotopic (exact) mass is 238 g/mol. The molecule has 6 heteroatoms. The highest BCUT2D eigenvalue weighted by Gasteiger charge is 2.15. The third kappa shape index (κ3) is 3.76. The fourth-order valence-corrected chi connectivity index (χ4v) is 1.19. The van der Waals surface area contributed by atoms with Crippen molar-refractivity contribution in [3.63, 3.8) is 0 Å². The van der Waals surface area contributed by atoms with E-state index in [-0.39, 0.29) is 18.0 Å². The van der Waals surface area contributed by atoms with E-state index in [0.717, 1.165) is 0 Å². The Morgan fingerprint density at radius 1 is 1.47 bits per heavy atom. The molecule has 0 saturated carbocycles. The number of benzene rings is 1. The second-order valence-corrected chi connectivity index (χ2v) is 3.11. The minimum Gasteiger partial charge on any atom is -0.497 e. The average Bonchev–Trinajstić information content (AvgIpc) is 2.34. The van der Waals surface area contributed by atoms with Crippen molar-refractivity contribution in [2.24, 2.45) is 5.73 Å². The highest BCUT2D eigenvalue weighted by molar-refractivity contribution is 5.50. The van der Waals surface area contributed by atoms with Gasteiger partial charge in [0, 0.05) is 18.7 Å². The average molecular weight is 238 g/mol. The quantitative estimate of drug-likeness (QED) is 0.461. The van der Waals surface area contributed by atoms with Gasteiger partial charge < -0.3 is 15.2 Å². The van der Waals surface area contributed by atoms with Crippen LogP contribution in [0.25, 0.3) is 0 Å². The van der Waals surface area contributed by atoms with Gasteiger partial charge in [-0.05, 0) is 6.07 Å². The normalized spacial score (nSPS) is 10.5. The predicted molar refractivity (Wildman–Crippen MR) is 63.3 cm³/mol. The second kappa shape index (κ2) is 6.49. The summed E-state index contributed by atoms with van der Waals surface area (Å²) in [6, 6.07) is 4.34. The Hall–Kier alpha value is -2.08. The molecule has 0 saturated heterocycles. The van der Waals surface area contributed by atoms with Crippen molar-refractivity contribution in [2.75, 3.05) is 20.3 Å². The van der Waals surface area contributed by atoms with Gasteiger partial charge in [-0.2, -0.15) is 0 Å². The van der Waals surface area contributed by atoms with Crippen molar-refractivity contribution in [3.8, 4) is 11.5 Å². The molecule has 0 heterocycles. The van der Waals surface area contributed by atoms with E-state index in [9.17, 15) is 10.1 Å². The van der Waals surface area contributed by atoms with Crippen LogP contribution in [0, 0.1) is 10.1 Å². The number of nitrogens with two attached hydrogens (primary N) is 1. The Bertz CT molecular complexity index is 418. The van der Waals surface area contributed by atoms with Gasteiger partial charge in [0.15, 0.2) is 0 Å². The maximum Gasteiger partial charge on any atom is 0.311 e. The van der Waals surface area contributed by atoms with E-state index in [0.29, 0.717) is 12.3 Å². The Morgan fingerprint density at radius 3 is 2.82 bits per heavy atom. The highest BCUT2D eigenvalue weighted by Crippen LogP contribution is 2.30. The van der Waals surface area contributed by atoms with Gasteiger partial charge in [0.1, 0.15) is 12.4 Å². The summed E-state index contributed by atoms with van der Waals surface area (Å²) < 4.78 is 10.3. The number of hydrogen-bond donors (Lipinski definition) is 1. The molecule has 0 spiro atoms. The van der Waals surface area contributed by atoms with Gasteiger partial charge in [0.25, 0.3) is 0 Å². The first-order valence-corrected chi connectivity index (χ1v) is 4.99. The summed E-state index contributed by atoms with van der Waals surface area (Å²) in [6.45, 7) is 0.634. The third-order valence-electron chi connectivity index (χ3n) is 2.00. The third-order valence-corrected chi connectivity index (χ3v) is 2.00. The Kier molecular flexibility index (Phi) is 4.96. The molecule has 92 valence electrons. The standard InChI is InChI=1S/C11H14N2O4/c1-16-9-4-5-10(13(14)15)11(8-9)17-7-3-2-6-12/h2-5,8H,6-7,12H2,1H3/b3-2+. The predicted octanol–water partition coefficient (Wildman–Crippen LogP) is 1.50. The number of nitro groups is 1. The molecular formula is C11H14N2O4. The van der Waals surface area contributed by atoms with Gasteiger partial charge in [-0.25, -0.2) is 0 Å². The van der Waals surface area contributed by atoms with E-state index in [4.69, 9.17) is 15.2 Å². The van der Waals surface area contributed by atoms with Gasteiger partial charge in [-0.15, -0.1) is 0 Å². The summed E-state index contributed by atoms with van der Waals surface area (Å²) >= 11 is 0. The molecule has 0 fully saturated rings. The first-order valence-electron chi connectivity index (χ1n) is 4.99. The van der Waals surface area contributed by atoms with E-state index in [2.05, 4.69) is 0 Å². The molecule has 1 rings (SSSR count). The Labute approximate surface area is 98.8 Å². The summed E-state index contributed by atoms with van der Waals surface area (Å²) in [6.07, 6.45) is 3.41. The van der Waals surface area contributed by atoms with Crippen molar-refractivity contribution >= 4 is 5.69 Å². The molecule has 2 N–H and O–H groups in total. The van der Waals surface area contributed by atoms with Gasteiger partial charge >= 0.3 is 5.69 Å². The van der Waals surface area contributed by atoms with Gasteiger partial charge in [0.2, 0.25) is 5.75 Å². The van der Waals surface area contributed by atoms with Crippen LogP contribution in [0.3, 0.4) is 0 Å². The zero-order chi connectivity index (χ0) is 12.7. The van der Waals surface area contributed by atoms with Crippen LogP contribution in [0.1, 0.15) is 0 Å². The Balaban J connectivity index is 2.85. The van der Waals surface area contributed by atoms with Crippen LogP contribution in [-0.2, 0) is 0 Å². The molecular weight excluding hydrogens is 224 g/mol. The highest BCUT2D eigenvalue weighted by atomic mass is 16.6. The van der Waals surface area contributed by atoms with Crippen LogP contribution in [0.2, 0.25) is 0 Å². The lowest BCUT2D eigenvalue weighted by atomic mass is 10.3. The lowest BCUT2D eigenvalue weighted by Gasteiger charge is -2.06. The number of hydrogen-bond acceptors (Lipinski definition) is 5. The maximum absolute atomic E-state index is 10.8. The number of nitrogens with zero attached hydrogens (tertiary/aromatic N) is 1. The minimum atomic E-state index is -0.499. The first-order chi connectivity index (χ1) is 8.19. The molecule has 0 radical (unpaired) electrons. The molecule has 6 nitrogen and oxygen atoms in total. The fourth-order valence-electron chi connectivity index (χ4n) is 1.19. The van der Waals surface area contributed by atoms with Crippen LogP contribution >= 0.6 is 0 Å². The smallest absolute Gasteiger partial charge is 0.311 e. The summed E-state index contributed by atoms with van der Waals surface area (Å²) in [5, 5.41) is 10.8.